The van der Waals surface area contributed by atoms with Gasteiger partial charge in [0.05, 0.1) is 11.6 Å². The van der Waals surface area contributed by atoms with Gasteiger partial charge in [0.1, 0.15) is 24.0 Å². The second-order valence-electron chi connectivity index (χ2n) is 6.40. The quantitative estimate of drug-likeness (QED) is 0.918. The molecule has 1 aliphatic rings. The largest absolute Gasteiger partial charge is 0.492 e. The SMILES string of the molecule is CNc1cc(C(C)(C)C)nc(C2COc3ccccc32)n1. The highest BCUT2D eigenvalue weighted by atomic mass is 16.5. The molecule has 110 valence electrons. The number of aromatic nitrogens is 2. The fraction of sp³-hybridized carbons (Fsp3) is 0.412. The molecule has 1 aliphatic heterocycles. The minimum atomic E-state index is -0.0116. The van der Waals surface area contributed by atoms with Crippen molar-refractivity contribution >= 4 is 5.82 Å². The van der Waals surface area contributed by atoms with Crippen LogP contribution in [0.15, 0.2) is 30.3 Å². The van der Waals surface area contributed by atoms with Crippen LogP contribution in [0.1, 0.15) is 43.8 Å². The van der Waals surface area contributed by atoms with Gasteiger partial charge in [0.25, 0.3) is 0 Å². The van der Waals surface area contributed by atoms with E-state index >= 15 is 0 Å². The number of fused-ring (bicyclic) bond motifs is 1. The summed E-state index contributed by atoms with van der Waals surface area (Å²) in [5.74, 6) is 2.74. The number of benzene rings is 1. The van der Waals surface area contributed by atoms with Gasteiger partial charge in [-0.1, -0.05) is 39.0 Å². The third-order valence-electron chi connectivity index (χ3n) is 3.78. The van der Waals surface area contributed by atoms with Gasteiger partial charge >= 0.3 is 0 Å². The van der Waals surface area contributed by atoms with E-state index in [0.717, 1.165) is 23.1 Å². The van der Waals surface area contributed by atoms with Gasteiger partial charge in [0, 0.05) is 24.1 Å². The molecule has 1 unspecified atom stereocenters. The van der Waals surface area contributed by atoms with E-state index < -0.39 is 0 Å². The first-order chi connectivity index (χ1) is 9.99. The maximum absolute atomic E-state index is 5.76. The topological polar surface area (TPSA) is 47.0 Å². The molecule has 1 atom stereocenters. The second kappa shape index (κ2) is 5.02. The Hall–Kier alpha value is -2.10. The predicted octanol–water partition coefficient (Wildman–Crippen LogP) is 3.34. The highest BCUT2D eigenvalue weighted by Gasteiger charge is 2.29. The molecule has 1 N–H and O–H groups in total. The molecule has 0 saturated carbocycles. The molecule has 0 aliphatic carbocycles. The molecular weight excluding hydrogens is 262 g/mol. The number of ether oxygens (including phenoxy) is 1. The van der Waals surface area contributed by atoms with E-state index in [1.807, 2.05) is 31.3 Å². The van der Waals surface area contributed by atoms with Crippen molar-refractivity contribution in [3.63, 3.8) is 0 Å². The normalized spacial score (nSPS) is 17.2. The van der Waals surface area contributed by atoms with Crippen LogP contribution < -0.4 is 10.1 Å². The predicted molar refractivity (Wildman–Crippen MR) is 84.1 cm³/mol. The van der Waals surface area contributed by atoms with Gasteiger partial charge in [-0.3, -0.25) is 0 Å². The van der Waals surface area contributed by atoms with Crippen molar-refractivity contribution in [1.29, 1.82) is 0 Å². The third-order valence-corrected chi connectivity index (χ3v) is 3.78. The van der Waals surface area contributed by atoms with Crippen molar-refractivity contribution < 1.29 is 4.74 Å². The Bertz CT molecular complexity index is 661. The zero-order chi connectivity index (χ0) is 15.0. The minimum absolute atomic E-state index is 0.0116. The van der Waals surface area contributed by atoms with Crippen LogP contribution in [0.5, 0.6) is 5.75 Å². The number of hydrogen-bond donors (Lipinski definition) is 1. The summed E-state index contributed by atoms with van der Waals surface area (Å²) in [5, 5.41) is 3.14. The van der Waals surface area contributed by atoms with Crippen LogP contribution in [-0.4, -0.2) is 23.6 Å². The third kappa shape index (κ3) is 2.58. The number of nitrogens with zero attached hydrogens (tertiary/aromatic N) is 2. The molecule has 2 heterocycles. The molecule has 0 bridgehead atoms. The monoisotopic (exact) mass is 283 g/mol. The molecule has 0 radical (unpaired) electrons. The molecule has 1 aromatic heterocycles. The average molecular weight is 283 g/mol. The van der Waals surface area contributed by atoms with Crippen LogP contribution in [-0.2, 0) is 5.41 Å². The lowest BCUT2D eigenvalue weighted by atomic mass is 9.91. The van der Waals surface area contributed by atoms with E-state index in [-0.39, 0.29) is 11.3 Å². The van der Waals surface area contributed by atoms with Gasteiger partial charge in [0.15, 0.2) is 0 Å². The van der Waals surface area contributed by atoms with E-state index in [9.17, 15) is 0 Å². The summed E-state index contributed by atoms with van der Waals surface area (Å²) in [7, 11) is 1.89. The first-order valence-electron chi connectivity index (χ1n) is 7.28. The second-order valence-corrected chi connectivity index (χ2v) is 6.40. The fourth-order valence-electron chi connectivity index (χ4n) is 2.51. The van der Waals surface area contributed by atoms with Gasteiger partial charge in [0.2, 0.25) is 0 Å². The summed E-state index contributed by atoms with van der Waals surface area (Å²) >= 11 is 0. The highest BCUT2D eigenvalue weighted by Crippen LogP contribution is 2.37. The summed E-state index contributed by atoms with van der Waals surface area (Å²) < 4.78 is 5.76. The Morgan fingerprint density at radius 3 is 2.67 bits per heavy atom. The van der Waals surface area contributed by atoms with Crippen molar-refractivity contribution in [2.45, 2.75) is 32.1 Å². The van der Waals surface area contributed by atoms with E-state index in [0.29, 0.717) is 6.61 Å². The summed E-state index contributed by atoms with van der Waals surface area (Å²) in [4.78, 5) is 9.45. The molecule has 2 aromatic rings. The molecule has 0 spiro atoms. The summed E-state index contributed by atoms with van der Waals surface area (Å²) in [6.07, 6.45) is 0. The Labute approximate surface area is 125 Å². The summed E-state index contributed by atoms with van der Waals surface area (Å²) in [6, 6.07) is 10.1. The maximum Gasteiger partial charge on any atom is 0.142 e. The van der Waals surface area contributed by atoms with Crippen molar-refractivity contribution in [1.82, 2.24) is 9.97 Å². The Balaban J connectivity index is 2.07. The van der Waals surface area contributed by atoms with Crippen LogP contribution in [0.2, 0.25) is 0 Å². The van der Waals surface area contributed by atoms with Gasteiger partial charge in [-0.15, -0.1) is 0 Å². The molecule has 0 amide bonds. The molecule has 3 rings (SSSR count). The highest BCUT2D eigenvalue weighted by molar-refractivity contribution is 5.45. The number of rotatable bonds is 2. The van der Waals surface area contributed by atoms with Gasteiger partial charge in [-0.05, 0) is 6.07 Å². The lowest BCUT2D eigenvalue weighted by Gasteiger charge is -2.20. The number of anilines is 1. The summed E-state index contributed by atoms with van der Waals surface area (Å²) in [5.41, 5.74) is 2.20. The van der Waals surface area contributed by atoms with Crippen LogP contribution in [0.3, 0.4) is 0 Å². The van der Waals surface area contributed by atoms with E-state index in [2.05, 4.69) is 37.1 Å². The molecule has 0 saturated heterocycles. The van der Waals surface area contributed by atoms with Crippen molar-refractivity contribution in [2.75, 3.05) is 19.0 Å². The molecule has 0 fully saturated rings. The first-order valence-corrected chi connectivity index (χ1v) is 7.28. The minimum Gasteiger partial charge on any atom is -0.492 e. The molecule has 1 aromatic carbocycles. The molecule has 4 heteroatoms. The van der Waals surface area contributed by atoms with E-state index in [4.69, 9.17) is 9.72 Å². The molecular formula is C17H21N3O. The number of para-hydroxylation sites is 1. The van der Waals surface area contributed by atoms with E-state index in [1.165, 1.54) is 5.56 Å². The first kappa shape index (κ1) is 13.9. The number of nitrogens with one attached hydrogen (secondary N) is 1. The van der Waals surface area contributed by atoms with Crippen LogP contribution in [0.25, 0.3) is 0 Å². The molecule has 21 heavy (non-hydrogen) atoms. The van der Waals surface area contributed by atoms with Crippen molar-refractivity contribution in [3.05, 3.63) is 47.4 Å². The summed E-state index contributed by atoms with van der Waals surface area (Å²) in [6.45, 7) is 7.10. The van der Waals surface area contributed by atoms with Crippen molar-refractivity contribution in [3.8, 4) is 5.75 Å². The van der Waals surface area contributed by atoms with Gasteiger partial charge in [-0.2, -0.15) is 0 Å². The Kier molecular flexibility index (Phi) is 3.32. The zero-order valence-corrected chi connectivity index (χ0v) is 13.0. The molecule has 4 nitrogen and oxygen atoms in total. The van der Waals surface area contributed by atoms with Crippen LogP contribution in [0, 0.1) is 0 Å². The van der Waals surface area contributed by atoms with Gasteiger partial charge < -0.3 is 10.1 Å². The lowest BCUT2D eigenvalue weighted by Crippen LogP contribution is -2.18. The van der Waals surface area contributed by atoms with Crippen LogP contribution >= 0.6 is 0 Å². The fourth-order valence-corrected chi connectivity index (χ4v) is 2.51. The van der Waals surface area contributed by atoms with Crippen LogP contribution in [0.4, 0.5) is 5.82 Å². The maximum atomic E-state index is 5.76. The standard InChI is InChI=1S/C17H21N3O/c1-17(2,3)14-9-15(18-4)20-16(19-14)12-10-21-13-8-6-5-7-11(12)13/h5-9,12H,10H2,1-4H3,(H,18,19,20). The van der Waals surface area contributed by atoms with E-state index in [1.54, 1.807) is 0 Å². The zero-order valence-electron chi connectivity index (χ0n) is 13.0. The lowest BCUT2D eigenvalue weighted by molar-refractivity contribution is 0.339. The number of hydrogen-bond acceptors (Lipinski definition) is 4. The smallest absolute Gasteiger partial charge is 0.142 e. The Morgan fingerprint density at radius 2 is 1.95 bits per heavy atom. The van der Waals surface area contributed by atoms with Crippen molar-refractivity contribution in [2.24, 2.45) is 0 Å². The average Bonchev–Trinajstić information content (AvgIpc) is 2.89. The Morgan fingerprint density at radius 1 is 1.19 bits per heavy atom. The van der Waals surface area contributed by atoms with Gasteiger partial charge in [-0.25, -0.2) is 9.97 Å².